The van der Waals surface area contributed by atoms with E-state index in [0.29, 0.717) is 18.2 Å². The summed E-state index contributed by atoms with van der Waals surface area (Å²) in [6.07, 6.45) is 8.22. The Morgan fingerprint density at radius 1 is 1.14 bits per heavy atom. The second-order valence-corrected chi connectivity index (χ2v) is 8.25. The van der Waals surface area contributed by atoms with Gasteiger partial charge in [-0.3, -0.25) is 14.4 Å². The maximum absolute atomic E-state index is 12.7. The zero-order valence-electron chi connectivity index (χ0n) is 16.8. The van der Waals surface area contributed by atoms with Crippen molar-refractivity contribution in [3.8, 4) is 0 Å². The molecule has 0 unspecified atom stereocenters. The Hall–Kier alpha value is -2.18. The van der Waals surface area contributed by atoms with E-state index in [-0.39, 0.29) is 11.9 Å². The minimum absolute atomic E-state index is 0.00506. The van der Waals surface area contributed by atoms with Gasteiger partial charge in [0.2, 0.25) is 0 Å². The molecule has 150 valence electrons. The summed E-state index contributed by atoms with van der Waals surface area (Å²) in [6, 6.07) is 11.1. The number of nitrogens with zero attached hydrogens (tertiary/aromatic N) is 4. The van der Waals surface area contributed by atoms with Gasteiger partial charge in [0.05, 0.1) is 18.3 Å². The molecule has 0 radical (unpaired) electrons. The molecule has 1 N–H and O–H groups in total. The minimum Gasteiger partial charge on any atom is -0.348 e. The Morgan fingerprint density at radius 3 is 2.71 bits per heavy atom. The molecule has 0 aliphatic carbocycles. The predicted octanol–water partition coefficient (Wildman–Crippen LogP) is 2.22. The number of carbonyl (C=O) groups excluding carboxylic acids is 1. The number of aromatic nitrogens is 2. The average molecular weight is 382 g/mol. The Bertz CT molecular complexity index is 766. The molecule has 0 bridgehead atoms. The number of hydrogen-bond acceptors (Lipinski definition) is 4. The summed E-state index contributed by atoms with van der Waals surface area (Å²) in [5, 5.41) is 7.61. The zero-order valence-corrected chi connectivity index (χ0v) is 16.8. The number of amides is 1. The Balaban J connectivity index is 1.31. The predicted molar refractivity (Wildman–Crippen MR) is 110 cm³/mol. The molecule has 1 aromatic carbocycles. The number of benzene rings is 1. The molecular weight excluding hydrogens is 350 g/mol. The van der Waals surface area contributed by atoms with Crippen molar-refractivity contribution < 1.29 is 4.79 Å². The lowest BCUT2D eigenvalue weighted by Gasteiger charge is -2.41. The topological polar surface area (TPSA) is 53.4 Å². The van der Waals surface area contributed by atoms with Crippen molar-refractivity contribution in [1.82, 2.24) is 24.9 Å². The second kappa shape index (κ2) is 8.88. The molecule has 0 saturated carbocycles. The van der Waals surface area contributed by atoms with Crippen LogP contribution in [0, 0.1) is 0 Å². The summed E-state index contributed by atoms with van der Waals surface area (Å²) in [7, 11) is 2.20. The van der Waals surface area contributed by atoms with Crippen molar-refractivity contribution in [2.45, 2.75) is 44.3 Å². The summed E-state index contributed by atoms with van der Waals surface area (Å²) < 4.78 is 1.83. The Morgan fingerprint density at radius 2 is 1.93 bits per heavy atom. The molecule has 6 nitrogen and oxygen atoms in total. The van der Waals surface area contributed by atoms with Gasteiger partial charge in [-0.05, 0) is 57.9 Å². The highest BCUT2D eigenvalue weighted by molar-refractivity contribution is 5.93. The SMILES string of the molecule is CN1CCC(N2CCC[C@@H](NC(=O)c3cnn(Cc4ccccc4)c3)C2)CC1. The summed E-state index contributed by atoms with van der Waals surface area (Å²) in [5.74, 6) is -0.00506. The fourth-order valence-corrected chi connectivity index (χ4v) is 4.42. The molecule has 2 fully saturated rings. The third kappa shape index (κ3) is 4.80. The quantitative estimate of drug-likeness (QED) is 0.863. The van der Waals surface area contributed by atoms with Gasteiger partial charge in [-0.15, -0.1) is 0 Å². The molecule has 1 aromatic heterocycles. The van der Waals surface area contributed by atoms with E-state index in [1.165, 1.54) is 31.5 Å². The van der Waals surface area contributed by atoms with Crippen molar-refractivity contribution in [2.24, 2.45) is 0 Å². The molecule has 2 saturated heterocycles. The van der Waals surface area contributed by atoms with Gasteiger partial charge in [-0.1, -0.05) is 30.3 Å². The van der Waals surface area contributed by atoms with Gasteiger partial charge in [0.15, 0.2) is 0 Å². The monoisotopic (exact) mass is 381 g/mol. The van der Waals surface area contributed by atoms with Crippen molar-refractivity contribution in [1.29, 1.82) is 0 Å². The van der Waals surface area contributed by atoms with Crippen LogP contribution in [0.4, 0.5) is 0 Å². The van der Waals surface area contributed by atoms with Crippen LogP contribution in [-0.2, 0) is 6.54 Å². The summed E-state index contributed by atoms with van der Waals surface area (Å²) >= 11 is 0. The van der Waals surface area contributed by atoms with Gasteiger partial charge in [0.25, 0.3) is 5.91 Å². The van der Waals surface area contributed by atoms with Crippen molar-refractivity contribution in [2.75, 3.05) is 33.2 Å². The van der Waals surface area contributed by atoms with E-state index in [9.17, 15) is 4.79 Å². The number of piperidine rings is 2. The first-order valence-electron chi connectivity index (χ1n) is 10.5. The van der Waals surface area contributed by atoms with E-state index in [0.717, 1.165) is 25.9 Å². The standard InChI is InChI=1S/C22H31N5O/c1-25-12-9-21(10-13-25)26-11-5-8-20(17-26)24-22(28)19-14-23-27(16-19)15-18-6-3-2-4-7-18/h2-4,6-7,14,16,20-21H,5,8-13,15,17H2,1H3,(H,24,28)/t20-/m1/s1. The Labute approximate surface area is 167 Å². The van der Waals surface area contributed by atoms with E-state index >= 15 is 0 Å². The Kier molecular flexibility index (Phi) is 6.07. The number of hydrogen-bond donors (Lipinski definition) is 1. The summed E-state index contributed by atoms with van der Waals surface area (Å²) in [4.78, 5) is 17.7. The van der Waals surface area contributed by atoms with E-state index in [1.807, 2.05) is 29.1 Å². The minimum atomic E-state index is -0.00506. The fraction of sp³-hybridized carbons (Fsp3) is 0.545. The van der Waals surface area contributed by atoms with Crippen LogP contribution in [0.5, 0.6) is 0 Å². The molecule has 1 atom stereocenters. The molecular formula is C22H31N5O. The normalized spacial score (nSPS) is 22.2. The lowest BCUT2D eigenvalue weighted by Crippen LogP contribution is -2.53. The third-order valence-corrected chi connectivity index (χ3v) is 6.08. The van der Waals surface area contributed by atoms with E-state index < -0.39 is 0 Å². The molecule has 2 aliphatic heterocycles. The molecule has 3 heterocycles. The number of nitrogens with one attached hydrogen (secondary N) is 1. The first kappa shape index (κ1) is 19.2. The van der Waals surface area contributed by atoms with Gasteiger partial charge in [0.1, 0.15) is 0 Å². The molecule has 4 rings (SSSR count). The van der Waals surface area contributed by atoms with Crippen molar-refractivity contribution in [3.05, 3.63) is 53.9 Å². The smallest absolute Gasteiger partial charge is 0.254 e. The van der Waals surface area contributed by atoms with E-state index in [4.69, 9.17) is 0 Å². The highest BCUT2D eigenvalue weighted by Gasteiger charge is 2.29. The van der Waals surface area contributed by atoms with Crippen LogP contribution in [0.15, 0.2) is 42.7 Å². The van der Waals surface area contributed by atoms with Crippen molar-refractivity contribution in [3.63, 3.8) is 0 Å². The number of carbonyl (C=O) groups is 1. The highest BCUT2D eigenvalue weighted by atomic mass is 16.1. The average Bonchev–Trinajstić information content (AvgIpc) is 3.18. The molecule has 28 heavy (non-hydrogen) atoms. The number of rotatable bonds is 5. The van der Waals surface area contributed by atoms with Gasteiger partial charge < -0.3 is 10.2 Å². The molecule has 6 heteroatoms. The van der Waals surface area contributed by atoms with Gasteiger partial charge in [-0.25, -0.2) is 0 Å². The van der Waals surface area contributed by atoms with Crippen LogP contribution in [0.2, 0.25) is 0 Å². The van der Waals surface area contributed by atoms with Crippen LogP contribution in [0.3, 0.4) is 0 Å². The largest absolute Gasteiger partial charge is 0.348 e. The fourth-order valence-electron chi connectivity index (χ4n) is 4.42. The van der Waals surface area contributed by atoms with Crippen LogP contribution >= 0.6 is 0 Å². The first-order chi connectivity index (χ1) is 13.7. The van der Waals surface area contributed by atoms with Crippen LogP contribution in [0.25, 0.3) is 0 Å². The summed E-state index contributed by atoms with van der Waals surface area (Å²) in [5.41, 5.74) is 1.82. The molecule has 0 spiro atoms. The molecule has 2 aliphatic rings. The van der Waals surface area contributed by atoms with Crippen LogP contribution in [0.1, 0.15) is 41.6 Å². The highest BCUT2D eigenvalue weighted by Crippen LogP contribution is 2.20. The lowest BCUT2D eigenvalue weighted by molar-refractivity contribution is 0.0766. The number of likely N-dealkylation sites (tertiary alicyclic amines) is 2. The van der Waals surface area contributed by atoms with Gasteiger partial charge in [-0.2, -0.15) is 5.10 Å². The maximum Gasteiger partial charge on any atom is 0.254 e. The zero-order chi connectivity index (χ0) is 19.3. The maximum atomic E-state index is 12.7. The molecule has 2 aromatic rings. The first-order valence-corrected chi connectivity index (χ1v) is 10.5. The second-order valence-electron chi connectivity index (χ2n) is 8.25. The van der Waals surface area contributed by atoms with Gasteiger partial charge in [0, 0.05) is 24.8 Å². The van der Waals surface area contributed by atoms with Gasteiger partial charge >= 0.3 is 0 Å². The third-order valence-electron chi connectivity index (χ3n) is 6.08. The summed E-state index contributed by atoms with van der Waals surface area (Å²) in [6.45, 7) is 5.17. The van der Waals surface area contributed by atoms with Crippen LogP contribution in [-0.4, -0.2) is 70.8 Å². The van der Waals surface area contributed by atoms with E-state index in [1.54, 1.807) is 6.20 Å². The van der Waals surface area contributed by atoms with E-state index in [2.05, 4.69) is 39.4 Å². The van der Waals surface area contributed by atoms with Crippen LogP contribution < -0.4 is 5.32 Å². The lowest BCUT2D eigenvalue weighted by atomic mass is 9.98. The van der Waals surface area contributed by atoms with Crippen molar-refractivity contribution >= 4 is 5.91 Å². The molecule has 1 amide bonds.